The van der Waals surface area contributed by atoms with E-state index in [1.54, 1.807) is 23.9 Å². The Morgan fingerprint density at radius 3 is 2.48 bits per heavy atom. The highest BCUT2D eigenvalue weighted by molar-refractivity contribution is 7.99. The van der Waals surface area contributed by atoms with Gasteiger partial charge in [0, 0.05) is 29.8 Å². The molecule has 0 aliphatic rings. The number of nitrogens with zero attached hydrogens (tertiary/aromatic N) is 3. The van der Waals surface area contributed by atoms with E-state index in [0.717, 1.165) is 35.0 Å². The summed E-state index contributed by atoms with van der Waals surface area (Å²) in [7, 11) is 1.94. The summed E-state index contributed by atoms with van der Waals surface area (Å²) < 4.78 is 1.95. The quantitative estimate of drug-likeness (QED) is 0.348. The van der Waals surface area contributed by atoms with Gasteiger partial charge in [0.1, 0.15) is 6.29 Å². The molecule has 0 saturated carbocycles. The van der Waals surface area contributed by atoms with Crippen molar-refractivity contribution < 1.29 is 4.79 Å². The molecule has 0 aliphatic carbocycles. The lowest BCUT2D eigenvalue weighted by molar-refractivity contribution is 0.112. The summed E-state index contributed by atoms with van der Waals surface area (Å²) in [6.07, 6.45) is 1.77. The number of aromatic nitrogens is 3. The maximum Gasteiger partial charge on any atom is 0.191 e. The third kappa shape index (κ3) is 4.86. The van der Waals surface area contributed by atoms with Crippen molar-refractivity contribution >= 4 is 29.6 Å². The van der Waals surface area contributed by atoms with Crippen LogP contribution in [0.5, 0.6) is 0 Å². The third-order valence-electron chi connectivity index (χ3n) is 2.65. The molecule has 2 rings (SSSR count). The minimum absolute atomic E-state index is 0.655. The van der Waals surface area contributed by atoms with Crippen molar-refractivity contribution in [2.45, 2.75) is 25.4 Å². The van der Waals surface area contributed by atoms with Gasteiger partial charge >= 0.3 is 0 Å². The molecule has 0 bridgehead atoms. The number of benzene rings is 1. The molecule has 2 aromatic rings. The minimum atomic E-state index is 0.655. The summed E-state index contributed by atoms with van der Waals surface area (Å²) in [6.45, 7) is 4.00. The van der Waals surface area contributed by atoms with Crippen LogP contribution in [0.2, 0.25) is 0 Å². The Morgan fingerprint density at radius 2 is 1.90 bits per heavy atom. The van der Waals surface area contributed by atoms with Crippen molar-refractivity contribution in [3.63, 3.8) is 0 Å². The fourth-order valence-corrected chi connectivity index (χ4v) is 2.76. The van der Waals surface area contributed by atoms with Gasteiger partial charge in [-0.2, -0.15) is 0 Å². The van der Waals surface area contributed by atoms with Crippen molar-refractivity contribution in [3.8, 4) is 11.4 Å². The molecule has 6 heteroatoms. The molecule has 1 aromatic carbocycles. The SMILES string of the molecule is CC.Cn1c(SCCCCl)nnc1-c1ccc(C=O)cc1. The predicted molar refractivity (Wildman–Crippen MR) is 89.2 cm³/mol. The van der Waals surface area contributed by atoms with Gasteiger partial charge in [-0.3, -0.25) is 4.79 Å². The Labute approximate surface area is 134 Å². The van der Waals surface area contributed by atoms with E-state index in [1.165, 1.54) is 0 Å². The van der Waals surface area contributed by atoms with E-state index >= 15 is 0 Å². The molecule has 0 atom stereocenters. The lowest BCUT2D eigenvalue weighted by Gasteiger charge is -2.03. The van der Waals surface area contributed by atoms with Gasteiger partial charge < -0.3 is 4.57 Å². The maximum absolute atomic E-state index is 10.6. The Kier molecular flexibility index (Phi) is 8.08. The van der Waals surface area contributed by atoms with Crippen LogP contribution in [0.25, 0.3) is 11.4 Å². The van der Waals surface area contributed by atoms with Gasteiger partial charge in [0.15, 0.2) is 11.0 Å². The number of hydrogen-bond acceptors (Lipinski definition) is 4. The number of carbonyl (C=O) groups excluding carboxylic acids is 1. The summed E-state index contributed by atoms with van der Waals surface area (Å²) in [5.74, 6) is 2.38. The maximum atomic E-state index is 10.6. The van der Waals surface area contributed by atoms with Crippen LogP contribution < -0.4 is 0 Å². The Balaban J connectivity index is 0.00000106. The normalized spacial score (nSPS) is 9.90. The van der Waals surface area contributed by atoms with Gasteiger partial charge in [-0.15, -0.1) is 21.8 Å². The van der Waals surface area contributed by atoms with E-state index in [1.807, 2.05) is 37.6 Å². The van der Waals surface area contributed by atoms with Gasteiger partial charge in [-0.05, 0) is 6.42 Å². The number of carbonyl (C=O) groups is 1. The van der Waals surface area contributed by atoms with E-state index in [4.69, 9.17) is 11.6 Å². The highest BCUT2D eigenvalue weighted by Crippen LogP contribution is 2.23. The smallest absolute Gasteiger partial charge is 0.191 e. The molecule has 0 amide bonds. The predicted octanol–water partition coefficient (Wildman–Crippen LogP) is 4.04. The standard InChI is InChI=1S/C13H14ClN3OS.C2H6/c1-17-12(11-5-3-10(9-18)4-6-11)15-16-13(17)19-8-2-7-14;1-2/h3-6,9H,2,7-8H2,1H3;1-2H3. The Hall–Kier alpha value is -1.33. The molecule has 114 valence electrons. The number of alkyl halides is 1. The van der Waals surface area contributed by atoms with Crippen molar-refractivity contribution in [2.75, 3.05) is 11.6 Å². The molecule has 0 radical (unpaired) electrons. The number of aldehydes is 1. The second kappa shape index (κ2) is 9.58. The van der Waals surface area contributed by atoms with Crippen molar-refractivity contribution in [1.29, 1.82) is 0 Å². The fourth-order valence-electron chi connectivity index (χ4n) is 1.62. The molecule has 0 N–H and O–H groups in total. The van der Waals surface area contributed by atoms with Gasteiger partial charge in [0.2, 0.25) is 0 Å². The van der Waals surface area contributed by atoms with Crippen LogP contribution >= 0.6 is 23.4 Å². The summed E-state index contributed by atoms with van der Waals surface area (Å²) in [5.41, 5.74) is 1.60. The monoisotopic (exact) mass is 325 g/mol. The molecule has 21 heavy (non-hydrogen) atoms. The molecule has 0 fully saturated rings. The molecule has 0 aliphatic heterocycles. The molecule has 0 unspecified atom stereocenters. The van der Waals surface area contributed by atoms with Crippen LogP contribution in [0.15, 0.2) is 29.4 Å². The van der Waals surface area contributed by atoms with Crippen LogP contribution in [0, 0.1) is 0 Å². The van der Waals surface area contributed by atoms with Crippen LogP contribution in [-0.2, 0) is 7.05 Å². The van der Waals surface area contributed by atoms with Crippen molar-refractivity contribution in [1.82, 2.24) is 14.8 Å². The van der Waals surface area contributed by atoms with E-state index in [0.29, 0.717) is 11.4 Å². The number of thioether (sulfide) groups is 1. The number of hydrogen-bond donors (Lipinski definition) is 0. The third-order valence-corrected chi connectivity index (χ3v) is 4.02. The Bertz CT molecular complexity index is 555. The molecule has 0 spiro atoms. The first kappa shape index (κ1) is 17.7. The lowest BCUT2D eigenvalue weighted by Crippen LogP contribution is -1.95. The zero-order valence-electron chi connectivity index (χ0n) is 12.5. The van der Waals surface area contributed by atoms with Gasteiger partial charge in [-0.1, -0.05) is 49.9 Å². The molecular formula is C15H20ClN3OS. The molecule has 0 saturated heterocycles. The highest BCUT2D eigenvalue weighted by Gasteiger charge is 2.10. The first-order valence-electron chi connectivity index (χ1n) is 6.90. The van der Waals surface area contributed by atoms with Crippen LogP contribution in [0.3, 0.4) is 0 Å². The van der Waals surface area contributed by atoms with Gasteiger partial charge in [-0.25, -0.2) is 0 Å². The number of rotatable bonds is 6. The summed E-state index contributed by atoms with van der Waals surface area (Å²) in [5, 5.41) is 9.24. The zero-order chi connectivity index (χ0) is 15.7. The molecular weight excluding hydrogens is 306 g/mol. The van der Waals surface area contributed by atoms with Gasteiger partial charge in [0.05, 0.1) is 0 Å². The van der Waals surface area contributed by atoms with Crippen LogP contribution in [0.4, 0.5) is 0 Å². The largest absolute Gasteiger partial charge is 0.305 e. The molecule has 1 heterocycles. The van der Waals surface area contributed by atoms with Crippen LogP contribution in [-0.4, -0.2) is 32.7 Å². The van der Waals surface area contributed by atoms with E-state index in [-0.39, 0.29) is 0 Å². The van der Waals surface area contributed by atoms with E-state index in [9.17, 15) is 4.79 Å². The van der Waals surface area contributed by atoms with E-state index in [2.05, 4.69) is 10.2 Å². The number of halogens is 1. The van der Waals surface area contributed by atoms with Crippen LogP contribution in [0.1, 0.15) is 30.6 Å². The fraction of sp³-hybridized carbons (Fsp3) is 0.400. The average molecular weight is 326 g/mol. The summed E-state index contributed by atoms with van der Waals surface area (Å²) in [4.78, 5) is 10.6. The first-order valence-corrected chi connectivity index (χ1v) is 8.42. The first-order chi connectivity index (χ1) is 10.3. The summed E-state index contributed by atoms with van der Waals surface area (Å²) >= 11 is 7.30. The van der Waals surface area contributed by atoms with E-state index < -0.39 is 0 Å². The highest BCUT2D eigenvalue weighted by atomic mass is 35.5. The Morgan fingerprint density at radius 1 is 1.24 bits per heavy atom. The lowest BCUT2D eigenvalue weighted by atomic mass is 10.1. The topological polar surface area (TPSA) is 47.8 Å². The van der Waals surface area contributed by atoms with Crippen molar-refractivity contribution in [3.05, 3.63) is 29.8 Å². The molecule has 4 nitrogen and oxygen atoms in total. The average Bonchev–Trinajstić information content (AvgIpc) is 2.91. The summed E-state index contributed by atoms with van der Waals surface area (Å²) in [6, 6.07) is 7.30. The van der Waals surface area contributed by atoms with Crippen molar-refractivity contribution in [2.24, 2.45) is 7.05 Å². The zero-order valence-corrected chi connectivity index (χ0v) is 14.1. The van der Waals surface area contributed by atoms with Gasteiger partial charge in [0.25, 0.3) is 0 Å². The second-order valence-electron chi connectivity index (χ2n) is 4.00. The minimum Gasteiger partial charge on any atom is -0.305 e. The second-order valence-corrected chi connectivity index (χ2v) is 5.44. The molecule has 1 aromatic heterocycles.